The lowest BCUT2D eigenvalue weighted by Gasteiger charge is -2.36. The molecule has 0 aliphatic carbocycles. The van der Waals surface area contributed by atoms with E-state index >= 15 is 0 Å². The Bertz CT molecular complexity index is 1270. The number of ether oxygens (including phenoxy) is 1. The Balaban J connectivity index is 1.53. The molecule has 0 aromatic heterocycles. The van der Waals surface area contributed by atoms with Crippen molar-refractivity contribution in [2.24, 2.45) is 0 Å². The molecule has 5 rings (SSSR count). The fraction of sp³-hybridized carbons (Fsp3) is 0.103. The van der Waals surface area contributed by atoms with Crippen molar-refractivity contribution in [2.45, 2.75) is 29.1 Å². The Hall–Kier alpha value is -3.28. The Morgan fingerprint density at radius 1 is 0.588 bits per heavy atom. The molecule has 4 aromatic carbocycles. The van der Waals surface area contributed by atoms with Crippen LogP contribution in [0.1, 0.15) is 45.7 Å². The van der Waals surface area contributed by atoms with Gasteiger partial charge in [-0.15, -0.1) is 0 Å². The molecular weight excluding hydrogens is 460 g/mol. The lowest BCUT2D eigenvalue weighted by atomic mass is 9.76. The normalized spacial score (nSPS) is 13.4. The van der Waals surface area contributed by atoms with Gasteiger partial charge in [-0.3, -0.25) is 9.59 Å². The second-order valence-electron chi connectivity index (χ2n) is 8.50. The third kappa shape index (κ3) is 4.17. The van der Waals surface area contributed by atoms with Gasteiger partial charge in [0.1, 0.15) is 11.5 Å². The summed E-state index contributed by atoms with van der Waals surface area (Å²) < 4.78 is 6.50. The first-order chi connectivity index (χ1) is 16.4. The van der Waals surface area contributed by atoms with Gasteiger partial charge in [0.2, 0.25) is 10.2 Å². The Labute approximate surface area is 207 Å². The molecule has 168 valence electrons. The zero-order valence-corrected chi connectivity index (χ0v) is 20.4. The summed E-state index contributed by atoms with van der Waals surface area (Å²) in [5.74, 6) is 1.35. The predicted octanol–water partition coefficient (Wildman–Crippen LogP) is 7.98. The average molecular weight is 483 g/mol. The van der Waals surface area contributed by atoms with Crippen molar-refractivity contribution < 1.29 is 14.3 Å². The zero-order chi connectivity index (χ0) is 23.7. The van der Waals surface area contributed by atoms with E-state index < -0.39 is 0 Å². The van der Waals surface area contributed by atoms with Crippen molar-refractivity contribution in [1.82, 2.24) is 0 Å². The SMILES string of the molecule is CC1(C)c2cccc(SC(=O)c3ccccc3)c2Oc2c(SC(=O)c3ccccc3)cccc21. The second kappa shape index (κ2) is 9.16. The van der Waals surface area contributed by atoms with E-state index in [9.17, 15) is 9.59 Å². The highest BCUT2D eigenvalue weighted by Gasteiger charge is 2.37. The minimum Gasteiger partial charge on any atom is -0.454 e. The largest absolute Gasteiger partial charge is 0.454 e. The van der Waals surface area contributed by atoms with Crippen molar-refractivity contribution in [1.29, 1.82) is 0 Å². The Kier molecular flexibility index (Phi) is 6.07. The van der Waals surface area contributed by atoms with Crippen LogP contribution < -0.4 is 4.74 Å². The summed E-state index contributed by atoms with van der Waals surface area (Å²) in [6.45, 7) is 4.29. The summed E-state index contributed by atoms with van der Waals surface area (Å²) in [5.41, 5.74) is 2.96. The number of carbonyl (C=O) groups is 2. The summed E-state index contributed by atoms with van der Waals surface area (Å²) in [4.78, 5) is 27.4. The van der Waals surface area contributed by atoms with Crippen LogP contribution in [0.3, 0.4) is 0 Å². The van der Waals surface area contributed by atoms with Crippen LogP contribution in [0.15, 0.2) is 107 Å². The molecule has 1 heterocycles. The first-order valence-electron chi connectivity index (χ1n) is 10.9. The van der Waals surface area contributed by atoms with Gasteiger partial charge >= 0.3 is 0 Å². The third-order valence-corrected chi connectivity index (χ3v) is 7.86. The lowest BCUT2D eigenvalue weighted by molar-refractivity contribution is 0.108. The molecule has 0 spiro atoms. The summed E-state index contributed by atoms with van der Waals surface area (Å²) in [5, 5.41) is -0.0776. The molecule has 0 amide bonds. The number of hydrogen-bond acceptors (Lipinski definition) is 5. The van der Waals surface area contributed by atoms with Crippen molar-refractivity contribution >= 4 is 33.8 Å². The number of thioether (sulfide) groups is 2. The van der Waals surface area contributed by atoms with E-state index in [0.717, 1.165) is 20.9 Å². The monoisotopic (exact) mass is 482 g/mol. The summed E-state index contributed by atoms with van der Waals surface area (Å²) in [7, 11) is 0. The van der Waals surface area contributed by atoms with E-state index in [1.807, 2.05) is 97.1 Å². The molecule has 0 unspecified atom stereocenters. The highest BCUT2D eigenvalue weighted by Crippen LogP contribution is 2.53. The maximum absolute atomic E-state index is 12.9. The molecule has 34 heavy (non-hydrogen) atoms. The van der Waals surface area contributed by atoms with Gasteiger partial charge < -0.3 is 4.74 Å². The predicted molar refractivity (Wildman–Crippen MR) is 138 cm³/mol. The van der Waals surface area contributed by atoms with Gasteiger partial charge in [0.25, 0.3) is 0 Å². The van der Waals surface area contributed by atoms with E-state index in [1.54, 1.807) is 0 Å². The highest BCUT2D eigenvalue weighted by atomic mass is 32.2. The molecule has 0 saturated heterocycles. The highest BCUT2D eigenvalue weighted by molar-refractivity contribution is 8.14. The molecule has 0 bridgehead atoms. The first kappa shape index (κ1) is 22.5. The Morgan fingerprint density at radius 3 is 1.41 bits per heavy atom. The van der Waals surface area contributed by atoms with Crippen LogP contribution in [-0.2, 0) is 5.41 Å². The van der Waals surface area contributed by atoms with Gasteiger partial charge in [0, 0.05) is 27.7 Å². The lowest BCUT2D eigenvalue weighted by Crippen LogP contribution is -2.25. The van der Waals surface area contributed by atoms with Crippen LogP contribution in [0, 0.1) is 0 Å². The van der Waals surface area contributed by atoms with E-state index in [4.69, 9.17) is 4.74 Å². The fourth-order valence-electron chi connectivity index (χ4n) is 4.10. The van der Waals surface area contributed by atoms with Crippen LogP contribution in [0.4, 0.5) is 0 Å². The van der Waals surface area contributed by atoms with Crippen LogP contribution in [0.2, 0.25) is 0 Å². The smallest absolute Gasteiger partial charge is 0.224 e. The Morgan fingerprint density at radius 2 is 1.00 bits per heavy atom. The number of hydrogen-bond donors (Lipinski definition) is 0. The van der Waals surface area contributed by atoms with Gasteiger partial charge in [-0.1, -0.05) is 98.8 Å². The molecule has 1 aliphatic heterocycles. The van der Waals surface area contributed by atoms with Crippen LogP contribution in [-0.4, -0.2) is 10.2 Å². The van der Waals surface area contributed by atoms with E-state index in [1.165, 1.54) is 23.5 Å². The molecule has 4 aromatic rings. The minimum absolute atomic E-state index is 0.0388. The minimum atomic E-state index is -0.359. The van der Waals surface area contributed by atoms with Crippen LogP contribution in [0.25, 0.3) is 0 Å². The maximum Gasteiger partial charge on any atom is 0.224 e. The summed E-state index contributed by atoms with van der Waals surface area (Å²) in [6, 6.07) is 30.3. The standard InChI is InChI=1S/C29H22O3S2/c1-29(2)21-15-9-17-23(33-27(30)19-11-5-3-6-12-19)25(21)32-26-22(29)16-10-18-24(26)34-28(31)20-13-7-4-8-14-20/h3-18H,1-2H3. The van der Waals surface area contributed by atoms with Crippen molar-refractivity contribution in [3.8, 4) is 11.5 Å². The number of benzene rings is 4. The van der Waals surface area contributed by atoms with Crippen molar-refractivity contribution in [3.63, 3.8) is 0 Å². The van der Waals surface area contributed by atoms with E-state index in [2.05, 4.69) is 13.8 Å². The van der Waals surface area contributed by atoms with E-state index in [0.29, 0.717) is 22.6 Å². The maximum atomic E-state index is 12.9. The summed E-state index contributed by atoms with van der Waals surface area (Å²) >= 11 is 2.33. The molecule has 0 fully saturated rings. The number of rotatable bonds is 4. The van der Waals surface area contributed by atoms with Gasteiger partial charge in [-0.05, 0) is 35.7 Å². The topological polar surface area (TPSA) is 43.4 Å². The number of fused-ring (bicyclic) bond motifs is 2. The molecule has 3 nitrogen and oxygen atoms in total. The van der Waals surface area contributed by atoms with Crippen molar-refractivity contribution in [3.05, 3.63) is 119 Å². The molecule has 1 aliphatic rings. The quantitative estimate of drug-likeness (QED) is 0.276. The molecule has 5 heteroatoms. The average Bonchev–Trinajstić information content (AvgIpc) is 2.86. The molecular formula is C29H22O3S2. The number of carbonyl (C=O) groups excluding carboxylic acids is 2. The van der Waals surface area contributed by atoms with E-state index in [-0.39, 0.29) is 15.6 Å². The van der Waals surface area contributed by atoms with Gasteiger partial charge in [-0.25, -0.2) is 0 Å². The molecule has 0 N–H and O–H groups in total. The first-order valence-corrected chi connectivity index (χ1v) is 12.6. The second-order valence-corrected chi connectivity index (χ2v) is 10.5. The molecule has 0 saturated carbocycles. The fourth-order valence-corrected chi connectivity index (χ4v) is 5.79. The summed E-state index contributed by atoms with van der Waals surface area (Å²) in [6.07, 6.45) is 0. The molecule has 0 atom stereocenters. The van der Waals surface area contributed by atoms with Crippen LogP contribution in [0.5, 0.6) is 11.5 Å². The van der Waals surface area contributed by atoms with Gasteiger partial charge in [-0.2, -0.15) is 0 Å². The van der Waals surface area contributed by atoms with Gasteiger partial charge in [0.05, 0.1) is 9.79 Å². The van der Waals surface area contributed by atoms with Gasteiger partial charge in [0.15, 0.2) is 0 Å². The van der Waals surface area contributed by atoms with Crippen molar-refractivity contribution in [2.75, 3.05) is 0 Å². The number of para-hydroxylation sites is 2. The zero-order valence-electron chi connectivity index (χ0n) is 18.8. The third-order valence-electron chi connectivity index (χ3n) is 5.93. The van der Waals surface area contributed by atoms with Crippen LogP contribution >= 0.6 is 23.5 Å². The molecule has 0 radical (unpaired) electrons.